The van der Waals surface area contributed by atoms with Crippen LogP contribution in [0, 0.1) is 13.8 Å². The van der Waals surface area contributed by atoms with Crippen molar-refractivity contribution in [1.29, 1.82) is 0 Å². The number of rotatable bonds is 5. The molecule has 0 saturated carbocycles. The van der Waals surface area contributed by atoms with Crippen molar-refractivity contribution in [3.63, 3.8) is 0 Å². The second-order valence-corrected chi connectivity index (χ2v) is 5.91. The third-order valence-electron chi connectivity index (χ3n) is 4.06. The Hall–Kier alpha value is -2.69. The average molecular weight is 327 g/mol. The predicted octanol–water partition coefficient (Wildman–Crippen LogP) is 3.12. The van der Waals surface area contributed by atoms with Crippen molar-refractivity contribution in [1.82, 2.24) is 5.32 Å². The smallest absolute Gasteiger partial charge is 0.261 e. The zero-order chi connectivity index (χ0) is 17.1. The van der Waals surface area contributed by atoms with E-state index in [9.17, 15) is 4.79 Å². The number of benzene rings is 2. The number of aryl methyl sites for hydroxylation is 2. The minimum absolute atomic E-state index is 0.161. The maximum Gasteiger partial charge on any atom is 0.261 e. The summed E-state index contributed by atoms with van der Waals surface area (Å²) in [7, 11) is 0. The first-order valence-corrected chi connectivity index (χ1v) is 7.93. The van der Waals surface area contributed by atoms with Gasteiger partial charge in [0.25, 0.3) is 5.91 Å². The molecule has 24 heavy (non-hydrogen) atoms. The number of hydrogen-bond donors (Lipinski definition) is 1. The molecular formula is C19H21NO4. The molecule has 0 saturated heterocycles. The molecule has 1 atom stereocenters. The first kappa shape index (κ1) is 16.2. The Balaban J connectivity index is 1.55. The lowest BCUT2D eigenvalue weighted by Gasteiger charge is -2.15. The van der Waals surface area contributed by atoms with Crippen molar-refractivity contribution in [3.8, 4) is 17.2 Å². The van der Waals surface area contributed by atoms with Crippen molar-refractivity contribution >= 4 is 5.91 Å². The van der Waals surface area contributed by atoms with Gasteiger partial charge in [0.1, 0.15) is 5.75 Å². The van der Waals surface area contributed by atoms with Crippen LogP contribution in [0.5, 0.6) is 17.2 Å². The van der Waals surface area contributed by atoms with Gasteiger partial charge in [0.2, 0.25) is 6.79 Å². The van der Waals surface area contributed by atoms with Crippen molar-refractivity contribution in [2.75, 3.05) is 6.79 Å². The first-order valence-electron chi connectivity index (χ1n) is 7.93. The van der Waals surface area contributed by atoms with E-state index < -0.39 is 6.10 Å². The molecule has 2 aromatic rings. The summed E-state index contributed by atoms with van der Waals surface area (Å²) in [4.78, 5) is 12.2. The van der Waals surface area contributed by atoms with Gasteiger partial charge in [-0.3, -0.25) is 4.79 Å². The maximum absolute atomic E-state index is 12.2. The fourth-order valence-corrected chi connectivity index (χ4v) is 2.43. The highest BCUT2D eigenvalue weighted by Gasteiger charge is 2.16. The molecule has 1 heterocycles. The molecule has 0 bridgehead atoms. The third-order valence-corrected chi connectivity index (χ3v) is 4.06. The van der Waals surface area contributed by atoms with E-state index in [1.165, 1.54) is 5.56 Å². The van der Waals surface area contributed by atoms with Gasteiger partial charge in [-0.05, 0) is 61.7 Å². The van der Waals surface area contributed by atoms with Gasteiger partial charge in [0.05, 0.1) is 0 Å². The summed E-state index contributed by atoms with van der Waals surface area (Å²) in [6.07, 6.45) is -0.568. The molecule has 126 valence electrons. The standard InChI is InChI=1S/C19H21NO4/c1-12-4-6-16(8-13(12)2)24-14(3)19(21)20-10-15-5-7-17-18(9-15)23-11-22-17/h4-9,14H,10-11H2,1-3H3,(H,20,21)/t14-/m0/s1. The number of nitrogens with one attached hydrogen (secondary N) is 1. The van der Waals surface area contributed by atoms with Crippen LogP contribution in [-0.4, -0.2) is 18.8 Å². The van der Waals surface area contributed by atoms with E-state index in [2.05, 4.69) is 5.32 Å². The molecule has 0 aromatic heterocycles. The average Bonchev–Trinajstić information content (AvgIpc) is 3.03. The lowest BCUT2D eigenvalue weighted by molar-refractivity contribution is -0.127. The molecule has 1 aliphatic rings. The summed E-state index contributed by atoms with van der Waals surface area (Å²) < 4.78 is 16.3. The summed E-state index contributed by atoms with van der Waals surface area (Å²) >= 11 is 0. The van der Waals surface area contributed by atoms with Gasteiger partial charge >= 0.3 is 0 Å². The van der Waals surface area contributed by atoms with E-state index in [1.807, 2.05) is 50.2 Å². The molecule has 0 fully saturated rings. The van der Waals surface area contributed by atoms with Crippen LogP contribution < -0.4 is 19.5 Å². The highest BCUT2D eigenvalue weighted by atomic mass is 16.7. The van der Waals surface area contributed by atoms with Crippen molar-refractivity contribution < 1.29 is 19.0 Å². The number of carbonyl (C=O) groups is 1. The van der Waals surface area contributed by atoms with E-state index in [-0.39, 0.29) is 12.7 Å². The number of fused-ring (bicyclic) bond motifs is 1. The normalized spacial score (nSPS) is 13.5. The molecule has 0 spiro atoms. The molecular weight excluding hydrogens is 306 g/mol. The van der Waals surface area contributed by atoms with Gasteiger partial charge in [-0.1, -0.05) is 12.1 Å². The molecule has 0 unspecified atom stereocenters. The van der Waals surface area contributed by atoms with Gasteiger partial charge in [-0.25, -0.2) is 0 Å². The Morgan fingerprint density at radius 2 is 1.92 bits per heavy atom. The maximum atomic E-state index is 12.2. The number of ether oxygens (including phenoxy) is 3. The van der Waals surface area contributed by atoms with Crippen LogP contribution in [0.15, 0.2) is 36.4 Å². The number of carbonyl (C=O) groups excluding carboxylic acids is 1. The van der Waals surface area contributed by atoms with Crippen LogP contribution in [0.25, 0.3) is 0 Å². The molecule has 1 aliphatic heterocycles. The summed E-state index contributed by atoms with van der Waals surface area (Å²) in [5.74, 6) is 1.98. The molecule has 5 heteroatoms. The number of hydrogen-bond acceptors (Lipinski definition) is 4. The summed E-state index contributed by atoms with van der Waals surface area (Å²) in [5.41, 5.74) is 3.29. The minimum atomic E-state index is -0.568. The van der Waals surface area contributed by atoms with Gasteiger partial charge in [0.15, 0.2) is 17.6 Å². The highest BCUT2D eigenvalue weighted by Crippen LogP contribution is 2.32. The van der Waals surface area contributed by atoms with Gasteiger partial charge in [-0.15, -0.1) is 0 Å². The van der Waals surface area contributed by atoms with Crippen LogP contribution in [0.1, 0.15) is 23.6 Å². The van der Waals surface area contributed by atoms with Gasteiger partial charge in [-0.2, -0.15) is 0 Å². The highest BCUT2D eigenvalue weighted by molar-refractivity contribution is 5.80. The summed E-state index contributed by atoms with van der Waals surface area (Å²) in [6, 6.07) is 11.4. The molecule has 3 rings (SSSR count). The molecule has 0 aliphatic carbocycles. The molecule has 1 amide bonds. The quantitative estimate of drug-likeness (QED) is 0.917. The van der Waals surface area contributed by atoms with Crippen molar-refractivity contribution in [2.45, 2.75) is 33.4 Å². The van der Waals surface area contributed by atoms with Crippen LogP contribution >= 0.6 is 0 Å². The van der Waals surface area contributed by atoms with E-state index in [1.54, 1.807) is 6.92 Å². The summed E-state index contributed by atoms with van der Waals surface area (Å²) in [5, 5.41) is 2.88. The fourth-order valence-electron chi connectivity index (χ4n) is 2.43. The van der Waals surface area contributed by atoms with Gasteiger partial charge in [0, 0.05) is 6.54 Å². The van der Waals surface area contributed by atoms with Crippen LogP contribution in [-0.2, 0) is 11.3 Å². The molecule has 1 N–H and O–H groups in total. The SMILES string of the molecule is Cc1ccc(O[C@@H](C)C(=O)NCc2ccc3c(c2)OCO3)cc1C. The van der Waals surface area contributed by atoms with Crippen LogP contribution in [0.2, 0.25) is 0 Å². The summed E-state index contributed by atoms with van der Waals surface area (Å²) in [6.45, 7) is 6.46. The predicted molar refractivity (Wildman–Crippen MR) is 90.4 cm³/mol. The zero-order valence-electron chi connectivity index (χ0n) is 14.1. The van der Waals surface area contributed by atoms with Crippen molar-refractivity contribution in [3.05, 3.63) is 53.1 Å². The molecule has 0 radical (unpaired) electrons. The monoisotopic (exact) mass is 327 g/mol. The minimum Gasteiger partial charge on any atom is -0.481 e. The third kappa shape index (κ3) is 3.62. The Bertz CT molecular complexity index is 757. The largest absolute Gasteiger partial charge is 0.481 e. The van der Waals surface area contributed by atoms with Crippen LogP contribution in [0.4, 0.5) is 0 Å². The lowest BCUT2D eigenvalue weighted by Crippen LogP contribution is -2.35. The molecule has 2 aromatic carbocycles. The van der Waals surface area contributed by atoms with E-state index in [4.69, 9.17) is 14.2 Å². The second kappa shape index (κ2) is 6.83. The zero-order valence-corrected chi connectivity index (χ0v) is 14.1. The molecule has 5 nitrogen and oxygen atoms in total. The Kier molecular flexibility index (Phi) is 4.60. The van der Waals surface area contributed by atoms with E-state index >= 15 is 0 Å². The lowest BCUT2D eigenvalue weighted by atomic mass is 10.1. The Labute approximate surface area is 141 Å². The second-order valence-electron chi connectivity index (χ2n) is 5.91. The Morgan fingerprint density at radius 3 is 2.71 bits per heavy atom. The van der Waals surface area contributed by atoms with Gasteiger partial charge < -0.3 is 19.5 Å². The Morgan fingerprint density at radius 1 is 1.12 bits per heavy atom. The first-order chi connectivity index (χ1) is 11.5. The van der Waals surface area contributed by atoms with E-state index in [0.717, 1.165) is 16.9 Å². The van der Waals surface area contributed by atoms with E-state index in [0.29, 0.717) is 18.0 Å². The van der Waals surface area contributed by atoms with Crippen molar-refractivity contribution in [2.24, 2.45) is 0 Å². The topological polar surface area (TPSA) is 56.8 Å². The fraction of sp³-hybridized carbons (Fsp3) is 0.316. The van der Waals surface area contributed by atoms with Crippen LogP contribution in [0.3, 0.4) is 0 Å². The number of amides is 1.